The van der Waals surface area contributed by atoms with Crippen molar-refractivity contribution in [2.24, 2.45) is 0 Å². The van der Waals surface area contributed by atoms with E-state index in [0.717, 1.165) is 19.0 Å². The van der Waals surface area contributed by atoms with Crippen LogP contribution in [0.3, 0.4) is 0 Å². The van der Waals surface area contributed by atoms with E-state index < -0.39 is 0 Å². The standard InChI is InChI=1S/C12H17NS/c1-10-7-9-14-12(10)4-2-3-8-13-11-5-6-11/h2,4,7,9,11,13H,3,5-6,8H2,1H3. The molecule has 0 amide bonds. The molecular weight excluding hydrogens is 190 g/mol. The van der Waals surface area contributed by atoms with E-state index in [-0.39, 0.29) is 0 Å². The molecule has 0 saturated heterocycles. The second-order valence-electron chi connectivity index (χ2n) is 3.89. The maximum absolute atomic E-state index is 3.50. The van der Waals surface area contributed by atoms with Gasteiger partial charge in [0.1, 0.15) is 0 Å². The lowest BCUT2D eigenvalue weighted by Crippen LogP contribution is -2.16. The minimum absolute atomic E-state index is 0.840. The summed E-state index contributed by atoms with van der Waals surface area (Å²) in [4.78, 5) is 1.40. The number of rotatable bonds is 5. The van der Waals surface area contributed by atoms with Gasteiger partial charge < -0.3 is 5.32 Å². The molecule has 0 radical (unpaired) electrons. The molecule has 0 aromatic carbocycles. The van der Waals surface area contributed by atoms with Crippen LogP contribution in [0.5, 0.6) is 0 Å². The van der Waals surface area contributed by atoms with Crippen LogP contribution in [-0.4, -0.2) is 12.6 Å². The van der Waals surface area contributed by atoms with Crippen LogP contribution in [0.25, 0.3) is 6.08 Å². The molecule has 1 heterocycles. The van der Waals surface area contributed by atoms with Crippen molar-refractivity contribution in [3.8, 4) is 0 Å². The predicted molar refractivity (Wildman–Crippen MR) is 63.7 cm³/mol. The lowest BCUT2D eigenvalue weighted by atomic mass is 10.2. The first-order valence-electron chi connectivity index (χ1n) is 5.30. The van der Waals surface area contributed by atoms with E-state index >= 15 is 0 Å². The summed E-state index contributed by atoms with van der Waals surface area (Å²) in [5, 5.41) is 5.65. The third-order valence-corrected chi connectivity index (χ3v) is 3.48. The summed E-state index contributed by atoms with van der Waals surface area (Å²) in [5.74, 6) is 0. The van der Waals surface area contributed by atoms with Gasteiger partial charge in [0.25, 0.3) is 0 Å². The Kier molecular flexibility index (Phi) is 3.38. The van der Waals surface area contributed by atoms with Crippen LogP contribution in [0.2, 0.25) is 0 Å². The molecule has 2 heteroatoms. The normalized spacial score (nSPS) is 16.6. The Balaban J connectivity index is 1.68. The van der Waals surface area contributed by atoms with Gasteiger partial charge in [-0.1, -0.05) is 6.08 Å². The van der Waals surface area contributed by atoms with Crippen LogP contribution in [0.15, 0.2) is 17.5 Å². The van der Waals surface area contributed by atoms with E-state index in [9.17, 15) is 0 Å². The highest BCUT2D eigenvalue weighted by Crippen LogP contribution is 2.19. The Morgan fingerprint density at radius 3 is 3.07 bits per heavy atom. The number of thiophene rings is 1. The van der Waals surface area contributed by atoms with E-state index in [0.29, 0.717) is 0 Å². The fraction of sp³-hybridized carbons (Fsp3) is 0.500. The van der Waals surface area contributed by atoms with Gasteiger partial charge in [0.2, 0.25) is 0 Å². The molecule has 1 aliphatic carbocycles. The van der Waals surface area contributed by atoms with Gasteiger partial charge in [-0.3, -0.25) is 0 Å². The lowest BCUT2D eigenvalue weighted by Gasteiger charge is -1.97. The maximum Gasteiger partial charge on any atom is 0.0296 e. The SMILES string of the molecule is Cc1ccsc1C=CCCNC1CC1. The Morgan fingerprint density at radius 1 is 1.57 bits per heavy atom. The van der Waals surface area contributed by atoms with Crippen molar-refractivity contribution in [3.63, 3.8) is 0 Å². The fourth-order valence-electron chi connectivity index (χ4n) is 1.40. The molecule has 0 aliphatic heterocycles. The zero-order valence-electron chi connectivity index (χ0n) is 8.62. The molecule has 0 spiro atoms. The summed E-state index contributed by atoms with van der Waals surface area (Å²) in [5.41, 5.74) is 1.39. The number of nitrogens with one attached hydrogen (secondary N) is 1. The second-order valence-corrected chi connectivity index (χ2v) is 4.84. The van der Waals surface area contributed by atoms with Crippen molar-refractivity contribution >= 4 is 17.4 Å². The van der Waals surface area contributed by atoms with Crippen molar-refractivity contribution in [2.45, 2.75) is 32.2 Å². The zero-order chi connectivity index (χ0) is 9.80. The highest BCUT2D eigenvalue weighted by Gasteiger charge is 2.19. The van der Waals surface area contributed by atoms with Crippen LogP contribution < -0.4 is 5.32 Å². The molecule has 76 valence electrons. The molecule has 1 fully saturated rings. The highest BCUT2D eigenvalue weighted by atomic mass is 32.1. The predicted octanol–water partition coefficient (Wildman–Crippen LogP) is 3.21. The van der Waals surface area contributed by atoms with Crippen LogP contribution in [0.1, 0.15) is 29.7 Å². The largest absolute Gasteiger partial charge is 0.314 e. The summed E-state index contributed by atoms with van der Waals surface area (Å²) in [6, 6.07) is 3.01. The first-order valence-corrected chi connectivity index (χ1v) is 6.18. The van der Waals surface area contributed by atoms with Gasteiger partial charge in [-0.05, 0) is 55.8 Å². The summed E-state index contributed by atoms with van der Waals surface area (Å²) < 4.78 is 0. The van der Waals surface area contributed by atoms with Crippen molar-refractivity contribution in [3.05, 3.63) is 28.0 Å². The van der Waals surface area contributed by atoms with Crippen LogP contribution >= 0.6 is 11.3 Å². The van der Waals surface area contributed by atoms with Gasteiger partial charge >= 0.3 is 0 Å². The first kappa shape index (κ1) is 9.94. The molecule has 1 aromatic heterocycles. The van der Waals surface area contributed by atoms with E-state index in [1.807, 2.05) is 11.3 Å². The average Bonchev–Trinajstić information content (AvgIpc) is 2.91. The van der Waals surface area contributed by atoms with Crippen LogP contribution in [0.4, 0.5) is 0 Å². The van der Waals surface area contributed by atoms with E-state index in [2.05, 4.69) is 35.8 Å². The zero-order valence-corrected chi connectivity index (χ0v) is 9.44. The third kappa shape index (κ3) is 2.96. The van der Waals surface area contributed by atoms with Gasteiger partial charge in [0, 0.05) is 10.9 Å². The summed E-state index contributed by atoms with van der Waals surface area (Å²) in [6.45, 7) is 3.30. The monoisotopic (exact) mass is 207 g/mol. The third-order valence-electron chi connectivity index (χ3n) is 2.49. The smallest absolute Gasteiger partial charge is 0.0296 e. The van der Waals surface area contributed by atoms with Crippen molar-refractivity contribution in [1.29, 1.82) is 0 Å². The topological polar surface area (TPSA) is 12.0 Å². The van der Waals surface area contributed by atoms with E-state index in [1.54, 1.807) is 0 Å². The summed E-state index contributed by atoms with van der Waals surface area (Å²) >= 11 is 1.82. The molecular formula is C12H17NS. The minimum Gasteiger partial charge on any atom is -0.314 e. The highest BCUT2D eigenvalue weighted by molar-refractivity contribution is 7.11. The van der Waals surface area contributed by atoms with E-state index in [1.165, 1.54) is 23.3 Å². The first-order chi connectivity index (χ1) is 6.86. The van der Waals surface area contributed by atoms with Gasteiger partial charge in [-0.25, -0.2) is 0 Å². The molecule has 0 bridgehead atoms. The van der Waals surface area contributed by atoms with Crippen LogP contribution in [0, 0.1) is 6.92 Å². The Hall–Kier alpha value is -0.600. The molecule has 14 heavy (non-hydrogen) atoms. The molecule has 1 saturated carbocycles. The molecule has 2 rings (SSSR count). The van der Waals surface area contributed by atoms with Gasteiger partial charge in [-0.2, -0.15) is 0 Å². The lowest BCUT2D eigenvalue weighted by molar-refractivity contribution is 0.691. The quantitative estimate of drug-likeness (QED) is 0.731. The van der Waals surface area contributed by atoms with Gasteiger partial charge in [0.05, 0.1) is 0 Å². The molecule has 1 N–H and O–H groups in total. The Bertz CT molecular complexity index is 310. The number of hydrogen-bond donors (Lipinski definition) is 1. The number of aryl methyl sites for hydroxylation is 1. The van der Waals surface area contributed by atoms with Gasteiger partial charge in [0.15, 0.2) is 0 Å². The fourth-order valence-corrected chi connectivity index (χ4v) is 2.25. The number of hydrogen-bond acceptors (Lipinski definition) is 2. The molecule has 1 nitrogen and oxygen atoms in total. The molecule has 0 atom stereocenters. The Labute approximate surface area is 89.8 Å². The maximum atomic E-state index is 3.50. The van der Waals surface area contributed by atoms with Crippen molar-refractivity contribution in [2.75, 3.05) is 6.54 Å². The van der Waals surface area contributed by atoms with Crippen LogP contribution in [-0.2, 0) is 0 Å². The van der Waals surface area contributed by atoms with Gasteiger partial charge in [-0.15, -0.1) is 11.3 Å². The summed E-state index contributed by atoms with van der Waals surface area (Å²) in [7, 11) is 0. The average molecular weight is 207 g/mol. The van der Waals surface area contributed by atoms with Crippen molar-refractivity contribution < 1.29 is 0 Å². The molecule has 1 aromatic rings. The second kappa shape index (κ2) is 4.76. The van der Waals surface area contributed by atoms with E-state index in [4.69, 9.17) is 0 Å². The Morgan fingerprint density at radius 2 is 2.43 bits per heavy atom. The van der Waals surface area contributed by atoms with Crippen molar-refractivity contribution in [1.82, 2.24) is 5.32 Å². The molecule has 0 unspecified atom stereocenters. The minimum atomic E-state index is 0.840. The molecule has 1 aliphatic rings. The summed E-state index contributed by atoms with van der Waals surface area (Å²) in [6.07, 6.45) is 8.43.